The molecule has 0 bridgehead atoms. The van der Waals surface area contributed by atoms with E-state index < -0.39 is 21.2 Å². The van der Waals surface area contributed by atoms with Gasteiger partial charge >= 0.3 is 0 Å². The summed E-state index contributed by atoms with van der Waals surface area (Å²) < 4.78 is 25.9. The summed E-state index contributed by atoms with van der Waals surface area (Å²) >= 11 is 1.46. The zero-order valence-corrected chi connectivity index (χ0v) is 14.1. The van der Waals surface area contributed by atoms with Gasteiger partial charge in [-0.3, -0.25) is 4.79 Å². The van der Waals surface area contributed by atoms with Crippen LogP contribution < -0.4 is 4.72 Å². The first-order valence-corrected chi connectivity index (χ1v) is 9.88. The molecule has 1 amide bonds. The molecule has 0 saturated heterocycles. The lowest BCUT2D eigenvalue weighted by Gasteiger charge is -2.18. The van der Waals surface area contributed by atoms with Crippen molar-refractivity contribution in [3.63, 3.8) is 0 Å². The molecule has 0 aromatic carbocycles. The van der Waals surface area contributed by atoms with E-state index >= 15 is 0 Å². The molecule has 118 valence electrons. The summed E-state index contributed by atoms with van der Waals surface area (Å²) in [5, 5.41) is 2.03. The minimum absolute atomic E-state index is 0.215. The van der Waals surface area contributed by atoms with E-state index in [1.807, 2.05) is 0 Å². The van der Waals surface area contributed by atoms with Crippen LogP contribution in [0.2, 0.25) is 0 Å². The number of sulfonamides is 1. The molecule has 1 aliphatic rings. The number of thiazole rings is 1. The summed E-state index contributed by atoms with van der Waals surface area (Å²) in [7, 11) is -3.61. The molecule has 1 aromatic heterocycles. The van der Waals surface area contributed by atoms with Gasteiger partial charge in [-0.05, 0) is 26.2 Å². The first-order chi connectivity index (χ1) is 9.94. The van der Waals surface area contributed by atoms with Crippen molar-refractivity contribution < 1.29 is 13.2 Å². The summed E-state index contributed by atoms with van der Waals surface area (Å²) in [5.41, 5.74) is 0.215. The van der Waals surface area contributed by atoms with Crippen LogP contribution in [0.5, 0.6) is 0 Å². The van der Waals surface area contributed by atoms with E-state index in [0.717, 1.165) is 17.8 Å². The highest BCUT2D eigenvalue weighted by molar-refractivity contribution is 7.90. The molecule has 1 unspecified atom stereocenters. The average Bonchev–Trinajstić information content (AvgIpc) is 2.96. The second-order valence-corrected chi connectivity index (χ2v) is 8.59. The van der Waals surface area contributed by atoms with Gasteiger partial charge in [-0.1, -0.05) is 26.2 Å². The SMILES string of the molecule is CCC(C)S(=O)(=O)NC(=O)c1csc(C2CCCCC2)n1. The largest absolute Gasteiger partial charge is 0.284 e. The predicted octanol–water partition coefficient (Wildman–Crippen LogP) is 3.05. The van der Waals surface area contributed by atoms with E-state index in [9.17, 15) is 13.2 Å². The summed E-state index contributed by atoms with van der Waals surface area (Å²) in [4.78, 5) is 16.4. The Morgan fingerprint density at radius 1 is 1.43 bits per heavy atom. The van der Waals surface area contributed by atoms with Crippen molar-refractivity contribution in [1.82, 2.24) is 9.71 Å². The lowest BCUT2D eigenvalue weighted by Crippen LogP contribution is -2.37. The van der Waals surface area contributed by atoms with Gasteiger partial charge in [0.25, 0.3) is 5.91 Å². The third-order valence-corrected chi connectivity index (χ3v) is 6.92. The van der Waals surface area contributed by atoms with Gasteiger partial charge in [0, 0.05) is 11.3 Å². The fourth-order valence-corrected chi connectivity index (χ4v) is 4.40. The highest BCUT2D eigenvalue weighted by atomic mass is 32.2. The van der Waals surface area contributed by atoms with E-state index in [1.165, 1.54) is 30.6 Å². The van der Waals surface area contributed by atoms with Crippen LogP contribution in [0.4, 0.5) is 0 Å². The van der Waals surface area contributed by atoms with Gasteiger partial charge in [-0.25, -0.2) is 18.1 Å². The number of carbonyl (C=O) groups excluding carboxylic acids is 1. The van der Waals surface area contributed by atoms with E-state index in [4.69, 9.17) is 0 Å². The van der Waals surface area contributed by atoms with Gasteiger partial charge in [0.15, 0.2) is 0 Å². The minimum atomic E-state index is -3.61. The highest BCUT2D eigenvalue weighted by Crippen LogP contribution is 2.34. The summed E-state index contributed by atoms with van der Waals surface area (Å²) in [6.45, 7) is 3.36. The maximum Gasteiger partial charge on any atom is 0.284 e. The molecule has 0 aliphatic heterocycles. The molecule has 1 N–H and O–H groups in total. The van der Waals surface area contributed by atoms with Crippen molar-refractivity contribution in [3.05, 3.63) is 16.1 Å². The van der Waals surface area contributed by atoms with Crippen LogP contribution in [0.1, 0.15) is 73.8 Å². The fraction of sp³-hybridized carbons (Fsp3) is 0.714. The Labute approximate surface area is 130 Å². The Morgan fingerprint density at radius 2 is 2.10 bits per heavy atom. The monoisotopic (exact) mass is 330 g/mol. The van der Waals surface area contributed by atoms with Crippen molar-refractivity contribution in [2.45, 2.75) is 63.5 Å². The molecular formula is C14H22N2O3S2. The van der Waals surface area contributed by atoms with Crippen LogP contribution >= 0.6 is 11.3 Å². The van der Waals surface area contributed by atoms with E-state index in [1.54, 1.807) is 19.2 Å². The Kier molecular flexibility index (Phi) is 5.37. The van der Waals surface area contributed by atoms with Crippen LogP contribution in [0.15, 0.2) is 5.38 Å². The molecule has 1 fully saturated rings. The smallest absolute Gasteiger partial charge is 0.266 e. The maximum atomic E-state index is 12.0. The molecule has 7 heteroatoms. The normalized spacial score (nSPS) is 18.4. The lowest BCUT2D eigenvalue weighted by atomic mass is 9.90. The number of nitrogens with zero attached hydrogens (tertiary/aromatic N) is 1. The number of hydrogen-bond acceptors (Lipinski definition) is 5. The average molecular weight is 330 g/mol. The lowest BCUT2D eigenvalue weighted by molar-refractivity contribution is 0.0976. The van der Waals surface area contributed by atoms with Gasteiger partial charge in [0.1, 0.15) is 5.69 Å². The van der Waals surface area contributed by atoms with Gasteiger partial charge < -0.3 is 0 Å². The van der Waals surface area contributed by atoms with Crippen molar-refractivity contribution in [3.8, 4) is 0 Å². The summed E-state index contributed by atoms with van der Waals surface area (Å²) in [6, 6.07) is 0. The number of rotatable bonds is 5. The Bertz CT molecular complexity index is 589. The molecule has 2 rings (SSSR count). The molecule has 21 heavy (non-hydrogen) atoms. The van der Waals surface area contributed by atoms with Crippen molar-refractivity contribution in [1.29, 1.82) is 0 Å². The first-order valence-electron chi connectivity index (χ1n) is 7.45. The quantitative estimate of drug-likeness (QED) is 0.900. The van der Waals surface area contributed by atoms with Crippen LogP contribution in [-0.4, -0.2) is 24.6 Å². The zero-order chi connectivity index (χ0) is 15.5. The van der Waals surface area contributed by atoms with Gasteiger partial charge in [-0.2, -0.15) is 0 Å². The topological polar surface area (TPSA) is 76.1 Å². The number of hydrogen-bond donors (Lipinski definition) is 1. The summed E-state index contributed by atoms with van der Waals surface area (Å²) in [5.74, 6) is -0.190. The van der Waals surface area contributed by atoms with E-state index in [2.05, 4.69) is 9.71 Å². The number of aromatic nitrogens is 1. The second-order valence-electron chi connectivity index (χ2n) is 5.60. The fourth-order valence-electron chi connectivity index (χ4n) is 2.43. The van der Waals surface area contributed by atoms with Crippen molar-refractivity contribution >= 4 is 27.3 Å². The molecule has 1 aromatic rings. The molecule has 0 radical (unpaired) electrons. The number of nitrogens with one attached hydrogen (secondary N) is 1. The van der Waals surface area contributed by atoms with Gasteiger partial charge in [-0.15, -0.1) is 11.3 Å². The van der Waals surface area contributed by atoms with Crippen LogP contribution in [0.25, 0.3) is 0 Å². The first kappa shape index (κ1) is 16.4. The molecule has 5 nitrogen and oxygen atoms in total. The molecule has 1 aliphatic carbocycles. The summed E-state index contributed by atoms with van der Waals surface area (Å²) in [6.07, 6.45) is 6.36. The second kappa shape index (κ2) is 6.87. The van der Waals surface area contributed by atoms with Crippen LogP contribution in [0.3, 0.4) is 0 Å². The molecule has 1 heterocycles. The van der Waals surface area contributed by atoms with Crippen molar-refractivity contribution in [2.75, 3.05) is 0 Å². The Morgan fingerprint density at radius 3 is 2.71 bits per heavy atom. The van der Waals surface area contributed by atoms with Crippen LogP contribution in [-0.2, 0) is 10.0 Å². The molecular weight excluding hydrogens is 308 g/mol. The molecule has 1 atom stereocenters. The highest BCUT2D eigenvalue weighted by Gasteiger charge is 2.25. The predicted molar refractivity (Wildman–Crippen MR) is 84.1 cm³/mol. The molecule has 0 spiro atoms. The van der Waals surface area contributed by atoms with Gasteiger partial charge in [0.05, 0.1) is 10.3 Å². The minimum Gasteiger partial charge on any atom is -0.266 e. The Hall–Kier alpha value is -0.950. The third-order valence-electron chi connectivity index (χ3n) is 4.05. The van der Waals surface area contributed by atoms with Gasteiger partial charge in [0.2, 0.25) is 10.0 Å². The third kappa shape index (κ3) is 4.03. The van der Waals surface area contributed by atoms with E-state index in [0.29, 0.717) is 12.3 Å². The maximum absolute atomic E-state index is 12.0. The number of carbonyl (C=O) groups is 1. The molecule has 1 saturated carbocycles. The van der Waals surface area contributed by atoms with Crippen LogP contribution in [0, 0.1) is 0 Å². The Balaban J connectivity index is 2.05. The standard InChI is InChI=1S/C14H22N2O3S2/c1-3-10(2)21(18,19)16-13(17)12-9-20-14(15-12)11-7-5-4-6-8-11/h9-11H,3-8H2,1-2H3,(H,16,17). The van der Waals surface area contributed by atoms with E-state index in [-0.39, 0.29) is 5.69 Å². The number of amides is 1. The zero-order valence-electron chi connectivity index (χ0n) is 12.5. The van der Waals surface area contributed by atoms with Crippen molar-refractivity contribution in [2.24, 2.45) is 0 Å².